The summed E-state index contributed by atoms with van der Waals surface area (Å²) in [5.74, 6) is 0.406. The molecule has 0 radical (unpaired) electrons. The van der Waals surface area contributed by atoms with Crippen molar-refractivity contribution in [2.24, 2.45) is 0 Å². The Morgan fingerprint density at radius 3 is 2.05 bits per heavy atom. The predicted molar refractivity (Wildman–Crippen MR) is 152 cm³/mol. The van der Waals surface area contributed by atoms with E-state index in [2.05, 4.69) is 0 Å². The Morgan fingerprint density at radius 1 is 0.800 bits per heavy atom. The van der Waals surface area contributed by atoms with Gasteiger partial charge in [-0.1, -0.05) is 45.0 Å². The Kier molecular flexibility index (Phi) is 8.09. The van der Waals surface area contributed by atoms with Gasteiger partial charge in [0.25, 0.3) is 11.7 Å². The normalized spacial score (nSPS) is 16.7. The van der Waals surface area contributed by atoms with Gasteiger partial charge in [0.15, 0.2) is 11.5 Å². The molecule has 40 heavy (non-hydrogen) atoms. The molecule has 8 nitrogen and oxygen atoms in total. The molecule has 210 valence electrons. The molecular formula is C32H35NO7. The maximum Gasteiger partial charge on any atom is 0.295 e. The van der Waals surface area contributed by atoms with Crippen molar-refractivity contribution in [3.63, 3.8) is 0 Å². The summed E-state index contributed by atoms with van der Waals surface area (Å²) in [6.45, 7) is 6.18. The van der Waals surface area contributed by atoms with E-state index in [0.29, 0.717) is 34.1 Å². The zero-order valence-corrected chi connectivity index (χ0v) is 23.9. The standard InChI is InChI=1S/C32H35NO7/c1-32(2,3)22-16-20(13-14-24(22)38-5)29(34)27-28(19-12-15-25(39-6)26(17-19)40-7)33(31(36)30(27)35)18-21-10-8-9-11-23(21)37-4/h8-17,28,34H,18H2,1-7H3/b29-27+. The Balaban J connectivity index is 1.94. The number of methoxy groups -OCH3 is 4. The number of nitrogens with zero attached hydrogens (tertiary/aromatic N) is 1. The molecule has 0 aliphatic carbocycles. The van der Waals surface area contributed by atoms with Gasteiger partial charge in [-0.15, -0.1) is 0 Å². The van der Waals surface area contributed by atoms with Crippen molar-refractivity contribution in [1.29, 1.82) is 0 Å². The molecule has 1 heterocycles. The van der Waals surface area contributed by atoms with Crippen LogP contribution >= 0.6 is 0 Å². The first-order chi connectivity index (χ1) is 19.0. The van der Waals surface area contributed by atoms with Crippen LogP contribution in [-0.4, -0.2) is 50.1 Å². The van der Waals surface area contributed by atoms with Crippen LogP contribution in [0.25, 0.3) is 5.76 Å². The summed E-state index contributed by atoms with van der Waals surface area (Å²) in [6, 6.07) is 16.8. The first kappa shape index (κ1) is 28.5. The first-order valence-corrected chi connectivity index (χ1v) is 12.9. The number of ether oxygens (including phenoxy) is 4. The molecule has 3 aromatic carbocycles. The van der Waals surface area contributed by atoms with Crippen LogP contribution in [0.5, 0.6) is 23.0 Å². The number of para-hydroxylation sites is 1. The van der Waals surface area contributed by atoms with Gasteiger partial charge in [0.2, 0.25) is 0 Å². The maximum absolute atomic E-state index is 13.6. The fourth-order valence-electron chi connectivity index (χ4n) is 5.03. The number of hydrogen-bond donors (Lipinski definition) is 1. The number of benzene rings is 3. The summed E-state index contributed by atoms with van der Waals surface area (Å²) in [5.41, 5.74) is 2.24. The minimum atomic E-state index is -0.898. The zero-order chi connectivity index (χ0) is 29.2. The highest BCUT2D eigenvalue weighted by molar-refractivity contribution is 6.46. The van der Waals surface area contributed by atoms with Crippen molar-refractivity contribution < 1.29 is 33.6 Å². The summed E-state index contributed by atoms with van der Waals surface area (Å²) in [5, 5.41) is 11.7. The van der Waals surface area contributed by atoms with Gasteiger partial charge in [-0.3, -0.25) is 9.59 Å². The number of rotatable bonds is 8. The van der Waals surface area contributed by atoms with Gasteiger partial charge in [0.05, 0.1) is 46.6 Å². The monoisotopic (exact) mass is 545 g/mol. The lowest BCUT2D eigenvalue weighted by Crippen LogP contribution is -2.29. The van der Waals surface area contributed by atoms with Crippen LogP contribution in [0.3, 0.4) is 0 Å². The average Bonchev–Trinajstić information content (AvgIpc) is 3.20. The second-order valence-corrected chi connectivity index (χ2v) is 10.5. The molecule has 1 atom stereocenters. The summed E-state index contributed by atoms with van der Waals surface area (Å²) in [4.78, 5) is 28.6. The molecule has 1 N–H and O–H groups in total. The lowest BCUT2D eigenvalue weighted by atomic mass is 9.84. The smallest absolute Gasteiger partial charge is 0.295 e. The molecule has 1 aliphatic heterocycles. The van der Waals surface area contributed by atoms with E-state index in [1.54, 1.807) is 56.7 Å². The molecule has 0 bridgehead atoms. The van der Waals surface area contributed by atoms with E-state index >= 15 is 0 Å². The fraction of sp³-hybridized carbons (Fsp3) is 0.312. The molecule has 0 saturated carbocycles. The molecule has 1 unspecified atom stereocenters. The van der Waals surface area contributed by atoms with Crippen LogP contribution in [0, 0.1) is 0 Å². The third-order valence-corrected chi connectivity index (χ3v) is 7.08. The van der Waals surface area contributed by atoms with Crippen molar-refractivity contribution in [2.45, 2.75) is 38.8 Å². The summed E-state index contributed by atoms with van der Waals surface area (Å²) >= 11 is 0. The van der Waals surface area contributed by atoms with E-state index < -0.39 is 17.7 Å². The van der Waals surface area contributed by atoms with E-state index in [1.807, 2.05) is 39.0 Å². The van der Waals surface area contributed by atoms with E-state index in [1.165, 1.54) is 19.1 Å². The van der Waals surface area contributed by atoms with Gasteiger partial charge >= 0.3 is 0 Å². The lowest BCUT2D eigenvalue weighted by molar-refractivity contribution is -0.140. The molecule has 1 fully saturated rings. The number of carbonyl (C=O) groups excluding carboxylic acids is 2. The molecule has 0 aromatic heterocycles. The maximum atomic E-state index is 13.6. The third kappa shape index (κ3) is 5.21. The summed E-state index contributed by atoms with van der Waals surface area (Å²) in [7, 11) is 6.18. The zero-order valence-electron chi connectivity index (χ0n) is 23.9. The van der Waals surface area contributed by atoms with Crippen LogP contribution in [0.15, 0.2) is 66.2 Å². The Morgan fingerprint density at radius 2 is 1.43 bits per heavy atom. The van der Waals surface area contributed by atoms with Crippen molar-refractivity contribution in [3.05, 3.63) is 88.5 Å². The van der Waals surface area contributed by atoms with Gasteiger partial charge in [0.1, 0.15) is 17.3 Å². The van der Waals surface area contributed by atoms with Gasteiger partial charge in [-0.25, -0.2) is 0 Å². The molecule has 0 spiro atoms. The number of hydrogen-bond acceptors (Lipinski definition) is 7. The van der Waals surface area contributed by atoms with Crippen molar-refractivity contribution in [3.8, 4) is 23.0 Å². The van der Waals surface area contributed by atoms with Crippen molar-refractivity contribution in [1.82, 2.24) is 4.90 Å². The van der Waals surface area contributed by atoms with Crippen LogP contribution < -0.4 is 18.9 Å². The van der Waals surface area contributed by atoms with Crippen LogP contribution in [0.1, 0.15) is 49.1 Å². The minimum absolute atomic E-state index is 0.0165. The molecule has 1 amide bonds. The van der Waals surface area contributed by atoms with E-state index in [9.17, 15) is 14.7 Å². The van der Waals surface area contributed by atoms with Gasteiger partial charge in [-0.2, -0.15) is 0 Å². The predicted octanol–water partition coefficient (Wildman–Crippen LogP) is 5.64. The molecule has 3 aromatic rings. The van der Waals surface area contributed by atoms with Crippen LogP contribution in [-0.2, 0) is 21.5 Å². The first-order valence-electron chi connectivity index (χ1n) is 12.9. The molecule has 1 saturated heterocycles. The lowest BCUT2D eigenvalue weighted by Gasteiger charge is -2.27. The molecular weight excluding hydrogens is 510 g/mol. The quantitative estimate of drug-likeness (QED) is 0.222. The second-order valence-electron chi connectivity index (χ2n) is 10.5. The van der Waals surface area contributed by atoms with E-state index in [0.717, 1.165) is 11.1 Å². The number of aliphatic hydroxyl groups is 1. The number of Topliss-reactive ketones (excluding diaryl/α,β-unsaturated/α-hetero) is 1. The number of aliphatic hydroxyl groups excluding tert-OH is 1. The number of carbonyl (C=O) groups is 2. The SMILES string of the molecule is COc1ccccc1CN1C(=O)C(=O)/C(=C(/O)c2ccc(OC)c(C(C)(C)C)c2)C1c1ccc(OC)c(OC)c1. The highest BCUT2D eigenvalue weighted by Crippen LogP contribution is 2.44. The highest BCUT2D eigenvalue weighted by Gasteiger charge is 2.46. The Hall–Kier alpha value is -4.46. The largest absolute Gasteiger partial charge is 0.507 e. The number of amides is 1. The van der Waals surface area contributed by atoms with Crippen molar-refractivity contribution >= 4 is 17.4 Å². The number of ketones is 1. The molecule has 8 heteroatoms. The van der Waals surface area contributed by atoms with Gasteiger partial charge < -0.3 is 29.0 Å². The molecule has 4 rings (SSSR count). The fourth-order valence-corrected chi connectivity index (χ4v) is 5.03. The van der Waals surface area contributed by atoms with Crippen LogP contribution in [0.4, 0.5) is 0 Å². The number of likely N-dealkylation sites (tertiary alicyclic amines) is 1. The van der Waals surface area contributed by atoms with Gasteiger partial charge in [0, 0.05) is 16.7 Å². The summed E-state index contributed by atoms with van der Waals surface area (Å²) < 4.78 is 22.0. The summed E-state index contributed by atoms with van der Waals surface area (Å²) in [6.07, 6.45) is 0. The minimum Gasteiger partial charge on any atom is -0.507 e. The Labute approximate surface area is 234 Å². The molecule has 1 aliphatic rings. The van der Waals surface area contributed by atoms with E-state index in [-0.39, 0.29) is 23.3 Å². The van der Waals surface area contributed by atoms with Crippen LogP contribution in [0.2, 0.25) is 0 Å². The average molecular weight is 546 g/mol. The van der Waals surface area contributed by atoms with E-state index in [4.69, 9.17) is 18.9 Å². The topological polar surface area (TPSA) is 94.5 Å². The third-order valence-electron chi connectivity index (χ3n) is 7.08. The highest BCUT2D eigenvalue weighted by atomic mass is 16.5. The Bertz CT molecular complexity index is 1470. The van der Waals surface area contributed by atoms with Crippen molar-refractivity contribution in [2.75, 3.05) is 28.4 Å². The van der Waals surface area contributed by atoms with Gasteiger partial charge in [-0.05, 0) is 47.4 Å². The second kappa shape index (κ2) is 11.3.